The van der Waals surface area contributed by atoms with Crippen molar-refractivity contribution >= 4 is 5.97 Å². The lowest BCUT2D eigenvalue weighted by molar-refractivity contribution is -0.149. The molecule has 0 spiro atoms. The van der Waals surface area contributed by atoms with Gasteiger partial charge >= 0.3 is 5.97 Å². The molecule has 0 saturated heterocycles. The van der Waals surface area contributed by atoms with Crippen LogP contribution in [0.4, 0.5) is 0 Å². The molecule has 2 heteroatoms. The third kappa shape index (κ3) is 3.97. The summed E-state index contributed by atoms with van der Waals surface area (Å²) in [6.45, 7) is 0. The molecule has 1 aliphatic rings. The van der Waals surface area contributed by atoms with Gasteiger partial charge < -0.3 is 4.74 Å². The van der Waals surface area contributed by atoms with Crippen molar-refractivity contribution in [2.24, 2.45) is 0 Å². The summed E-state index contributed by atoms with van der Waals surface area (Å²) < 4.78 is 5.57. The van der Waals surface area contributed by atoms with E-state index in [0.29, 0.717) is 6.42 Å². The second-order valence-electron chi connectivity index (χ2n) is 5.99. The molecule has 1 aliphatic carbocycles. The molecule has 0 unspecified atom stereocenters. The first-order valence-corrected chi connectivity index (χ1v) is 8.15. The largest absolute Gasteiger partial charge is 0.462 e. The molecule has 22 heavy (non-hydrogen) atoms. The average molecular weight is 294 g/mol. The second-order valence-corrected chi connectivity index (χ2v) is 5.99. The normalized spacial score (nSPS) is 15.5. The molecular weight excluding hydrogens is 272 g/mol. The van der Waals surface area contributed by atoms with Gasteiger partial charge in [0.05, 0.1) is 6.42 Å². The Morgan fingerprint density at radius 3 is 2.18 bits per heavy atom. The molecule has 3 rings (SSSR count). The molecule has 2 aromatic rings. The summed E-state index contributed by atoms with van der Waals surface area (Å²) in [5, 5.41) is 0. The van der Waals surface area contributed by atoms with Crippen LogP contribution in [0.1, 0.15) is 37.7 Å². The fourth-order valence-corrected chi connectivity index (χ4v) is 3.02. The zero-order chi connectivity index (χ0) is 15.2. The Morgan fingerprint density at radius 1 is 0.864 bits per heavy atom. The highest BCUT2D eigenvalue weighted by molar-refractivity contribution is 5.73. The summed E-state index contributed by atoms with van der Waals surface area (Å²) in [6.07, 6.45) is 6.20. The molecule has 0 atom stereocenters. The fourth-order valence-electron chi connectivity index (χ4n) is 3.02. The van der Waals surface area contributed by atoms with Crippen molar-refractivity contribution in [1.82, 2.24) is 0 Å². The lowest BCUT2D eigenvalue weighted by Crippen LogP contribution is -2.21. The Kier molecular flexibility index (Phi) is 4.89. The minimum atomic E-state index is -0.0978. The standard InChI is InChI=1S/C20H22O2/c21-20(22-19-9-5-2-6-10-19)15-16-11-13-18(14-12-16)17-7-3-1-4-8-17/h1,3-4,7-8,11-14,19H,2,5-6,9-10,15H2. The van der Waals surface area contributed by atoms with E-state index in [9.17, 15) is 4.79 Å². The first kappa shape index (κ1) is 14.8. The van der Waals surface area contributed by atoms with Crippen molar-refractivity contribution in [3.05, 3.63) is 60.2 Å². The van der Waals surface area contributed by atoms with E-state index >= 15 is 0 Å². The zero-order valence-corrected chi connectivity index (χ0v) is 12.8. The maximum absolute atomic E-state index is 12.0. The van der Waals surface area contributed by atoms with Crippen molar-refractivity contribution in [3.63, 3.8) is 0 Å². The molecule has 0 radical (unpaired) electrons. The molecule has 2 nitrogen and oxygen atoms in total. The van der Waals surface area contributed by atoms with Crippen LogP contribution >= 0.6 is 0 Å². The van der Waals surface area contributed by atoms with E-state index in [0.717, 1.165) is 18.4 Å². The zero-order valence-electron chi connectivity index (χ0n) is 12.8. The maximum Gasteiger partial charge on any atom is 0.310 e. The highest BCUT2D eigenvalue weighted by Gasteiger charge is 2.17. The maximum atomic E-state index is 12.0. The van der Waals surface area contributed by atoms with Crippen LogP contribution < -0.4 is 0 Å². The summed E-state index contributed by atoms with van der Waals surface area (Å²) in [5.74, 6) is -0.0978. The van der Waals surface area contributed by atoms with Crippen LogP contribution in [0, 0.1) is 0 Å². The Hall–Kier alpha value is -2.09. The molecule has 0 N–H and O–H groups in total. The van der Waals surface area contributed by atoms with E-state index in [-0.39, 0.29) is 12.1 Å². The predicted molar refractivity (Wildman–Crippen MR) is 88.5 cm³/mol. The van der Waals surface area contributed by atoms with Gasteiger partial charge in [0.25, 0.3) is 0 Å². The molecule has 0 aromatic heterocycles. The Balaban J connectivity index is 1.57. The number of carbonyl (C=O) groups excluding carboxylic acids is 1. The number of hydrogen-bond donors (Lipinski definition) is 0. The molecule has 1 fully saturated rings. The summed E-state index contributed by atoms with van der Waals surface area (Å²) in [7, 11) is 0. The molecule has 1 saturated carbocycles. The van der Waals surface area contributed by atoms with Crippen LogP contribution in [0.3, 0.4) is 0 Å². The lowest BCUT2D eigenvalue weighted by atomic mass is 9.98. The van der Waals surface area contributed by atoms with Gasteiger partial charge in [0.2, 0.25) is 0 Å². The predicted octanol–water partition coefficient (Wildman–Crippen LogP) is 4.77. The van der Waals surface area contributed by atoms with Crippen LogP contribution in [-0.4, -0.2) is 12.1 Å². The first-order chi connectivity index (χ1) is 10.8. The van der Waals surface area contributed by atoms with Gasteiger partial charge in [-0.15, -0.1) is 0 Å². The number of hydrogen-bond acceptors (Lipinski definition) is 2. The topological polar surface area (TPSA) is 26.3 Å². The van der Waals surface area contributed by atoms with E-state index in [1.807, 2.05) is 30.3 Å². The minimum Gasteiger partial charge on any atom is -0.462 e. The van der Waals surface area contributed by atoms with Gasteiger partial charge in [0.15, 0.2) is 0 Å². The molecule has 114 valence electrons. The minimum absolute atomic E-state index is 0.0978. The van der Waals surface area contributed by atoms with Crippen molar-refractivity contribution < 1.29 is 9.53 Å². The number of carbonyl (C=O) groups is 1. The molecule has 0 aliphatic heterocycles. The van der Waals surface area contributed by atoms with Gasteiger partial charge in [-0.3, -0.25) is 4.79 Å². The van der Waals surface area contributed by atoms with Crippen LogP contribution in [0.2, 0.25) is 0 Å². The second kappa shape index (κ2) is 7.26. The van der Waals surface area contributed by atoms with E-state index in [4.69, 9.17) is 4.74 Å². The summed E-state index contributed by atoms with van der Waals surface area (Å²) in [5.41, 5.74) is 3.38. The van der Waals surface area contributed by atoms with Crippen molar-refractivity contribution in [3.8, 4) is 11.1 Å². The van der Waals surface area contributed by atoms with Crippen molar-refractivity contribution in [2.75, 3.05) is 0 Å². The van der Waals surface area contributed by atoms with Crippen molar-refractivity contribution in [1.29, 1.82) is 0 Å². The highest BCUT2D eigenvalue weighted by Crippen LogP contribution is 2.22. The van der Waals surface area contributed by atoms with Gasteiger partial charge in [-0.1, -0.05) is 61.0 Å². The van der Waals surface area contributed by atoms with Crippen molar-refractivity contribution in [2.45, 2.75) is 44.6 Å². The van der Waals surface area contributed by atoms with Gasteiger partial charge in [-0.25, -0.2) is 0 Å². The van der Waals surface area contributed by atoms with E-state index in [1.165, 1.54) is 30.4 Å². The van der Waals surface area contributed by atoms with Crippen LogP contribution in [0.5, 0.6) is 0 Å². The fraction of sp³-hybridized carbons (Fsp3) is 0.350. The quantitative estimate of drug-likeness (QED) is 0.759. The Labute approximate surface area is 132 Å². The summed E-state index contributed by atoms with van der Waals surface area (Å²) in [4.78, 5) is 12.0. The number of rotatable bonds is 4. The lowest BCUT2D eigenvalue weighted by Gasteiger charge is -2.21. The first-order valence-electron chi connectivity index (χ1n) is 8.15. The van der Waals surface area contributed by atoms with Crippen LogP contribution in [-0.2, 0) is 16.0 Å². The third-order valence-corrected chi connectivity index (χ3v) is 4.26. The van der Waals surface area contributed by atoms with Crippen LogP contribution in [0.15, 0.2) is 54.6 Å². The Morgan fingerprint density at radius 2 is 1.50 bits per heavy atom. The van der Waals surface area contributed by atoms with Gasteiger partial charge in [0.1, 0.15) is 6.10 Å². The average Bonchev–Trinajstić information content (AvgIpc) is 2.57. The SMILES string of the molecule is O=C(Cc1ccc(-c2ccccc2)cc1)OC1CCCCC1. The molecular formula is C20H22O2. The summed E-state index contributed by atoms with van der Waals surface area (Å²) >= 11 is 0. The number of benzene rings is 2. The molecule has 0 amide bonds. The number of esters is 1. The van der Waals surface area contributed by atoms with E-state index in [1.54, 1.807) is 0 Å². The third-order valence-electron chi connectivity index (χ3n) is 4.26. The van der Waals surface area contributed by atoms with Gasteiger partial charge in [0, 0.05) is 0 Å². The molecule has 2 aromatic carbocycles. The van der Waals surface area contributed by atoms with Gasteiger partial charge in [-0.05, 0) is 42.4 Å². The van der Waals surface area contributed by atoms with E-state index in [2.05, 4.69) is 24.3 Å². The number of ether oxygens (including phenoxy) is 1. The van der Waals surface area contributed by atoms with Crippen LogP contribution in [0.25, 0.3) is 11.1 Å². The summed E-state index contributed by atoms with van der Waals surface area (Å²) in [6, 6.07) is 18.4. The highest BCUT2D eigenvalue weighted by atomic mass is 16.5. The van der Waals surface area contributed by atoms with E-state index < -0.39 is 0 Å². The molecule has 0 bridgehead atoms. The van der Waals surface area contributed by atoms with Gasteiger partial charge in [-0.2, -0.15) is 0 Å². The smallest absolute Gasteiger partial charge is 0.310 e. The molecule has 0 heterocycles. The Bertz CT molecular complexity index is 595. The monoisotopic (exact) mass is 294 g/mol.